The minimum absolute atomic E-state index is 0.0196. The van der Waals surface area contributed by atoms with Gasteiger partial charge in [0.2, 0.25) is 0 Å². The minimum atomic E-state index is -3.33. The van der Waals surface area contributed by atoms with Crippen molar-refractivity contribution < 1.29 is 17.9 Å². The third-order valence-corrected chi connectivity index (χ3v) is 8.62. The molecule has 2 saturated heterocycles. The number of hydrogen-bond donors (Lipinski definition) is 0. The molecule has 0 saturated carbocycles. The van der Waals surface area contributed by atoms with Gasteiger partial charge in [0.15, 0.2) is 14.9 Å². The Morgan fingerprint density at radius 1 is 1.09 bits per heavy atom. The molecule has 9 heteroatoms. The van der Waals surface area contributed by atoms with E-state index in [1.807, 2.05) is 6.07 Å². The Bertz CT molecular complexity index is 1170. The van der Waals surface area contributed by atoms with Crippen molar-refractivity contribution in [2.45, 2.75) is 44.2 Å². The van der Waals surface area contributed by atoms with E-state index in [-0.39, 0.29) is 11.0 Å². The van der Waals surface area contributed by atoms with E-state index in [1.54, 1.807) is 6.20 Å². The predicted octanol–water partition coefficient (Wildman–Crippen LogP) is 2.39. The van der Waals surface area contributed by atoms with Crippen LogP contribution in [0.2, 0.25) is 0 Å². The lowest BCUT2D eigenvalue weighted by atomic mass is 9.77. The summed E-state index contributed by atoms with van der Waals surface area (Å²) in [6.07, 6.45) is 8.52. The molecule has 0 unspecified atom stereocenters. The van der Waals surface area contributed by atoms with Crippen LogP contribution in [0.1, 0.15) is 46.3 Å². The number of ether oxygens (including phenoxy) is 1. The van der Waals surface area contributed by atoms with E-state index < -0.39 is 9.84 Å². The Labute approximate surface area is 194 Å². The van der Waals surface area contributed by atoms with Gasteiger partial charge in [0.25, 0.3) is 0 Å². The number of esters is 1. The van der Waals surface area contributed by atoms with Gasteiger partial charge in [0.05, 0.1) is 18.0 Å². The molecular weight excluding hydrogens is 440 g/mol. The number of aromatic nitrogens is 2. The van der Waals surface area contributed by atoms with E-state index in [2.05, 4.69) is 32.8 Å². The first kappa shape index (κ1) is 22.3. The van der Waals surface area contributed by atoms with Gasteiger partial charge in [-0.05, 0) is 68.3 Å². The predicted molar refractivity (Wildman–Crippen MR) is 124 cm³/mol. The van der Waals surface area contributed by atoms with Crippen LogP contribution in [0.15, 0.2) is 29.6 Å². The van der Waals surface area contributed by atoms with E-state index in [0.29, 0.717) is 12.0 Å². The highest BCUT2D eigenvalue weighted by molar-refractivity contribution is 7.90. The lowest BCUT2D eigenvalue weighted by Gasteiger charge is -2.39. The lowest BCUT2D eigenvalue weighted by molar-refractivity contribution is 0.0535. The van der Waals surface area contributed by atoms with Crippen LogP contribution in [0.25, 0.3) is 0 Å². The normalized spacial score (nSPS) is 20.3. The third kappa shape index (κ3) is 4.36. The molecular formula is C24H30N4O4S. The van der Waals surface area contributed by atoms with Crippen molar-refractivity contribution >= 4 is 21.6 Å². The van der Waals surface area contributed by atoms with Crippen LogP contribution >= 0.6 is 0 Å². The number of carbonyl (C=O) groups excluding carboxylic acids is 1. The van der Waals surface area contributed by atoms with Gasteiger partial charge in [0, 0.05) is 31.5 Å². The summed E-state index contributed by atoms with van der Waals surface area (Å²) in [7, 11) is -3.33. The second kappa shape index (κ2) is 8.36. The average Bonchev–Trinajstić information content (AvgIpc) is 3.39. The number of likely N-dealkylation sites (tertiary alicyclic amines) is 1. The first-order valence-electron chi connectivity index (χ1n) is 11.5. The lowest BCUT2D eigenvalue weighted by Crippen LogP contribution is -2.42. The highest BCUT2D eigenvalue weighted by Crippen LogP contribution is 2.41. The zero-order valence-electron chi connectivity index (χ0n) is 19.2. The van der Waals surface area contributed by atoms with Gasteiger partial charge < -0.3 is 14.5 Å². The maximum absolute atomic E-state index is 11.8. The topological polar surface area (TPSA) is 92.7 Å². The summed E-state index contributed by atoms with van der Waals surface area (Å²) < 4.78 is 28.4. The van der Waals surface area contributed by atoms with E-state index in [4.69, 9.17) is 4.74 Å². The zero-order valence-corrected chi connectivity index (χ0v) is 20.0. The van der Waals surface area contributed by atoms with Gasteiger partial charge in [-0.2, -0.15) is 0 Å². The SMILES string of the molecule is Cc1c(CCN2CCC3(CC2)CCN(c2cnc(S(C)(=O)=O)cn2)C3)ccc2c1COC2=O. The Balaban J connectivity index is 1.15. The van der Waals surface area contributed by atoms with Gasteiger partial charge in [-0.25, -0.2) is 23.2 Å². The van der Waals surface area contributed by atoms with E-state index >= 15 is 0 Å². The summed E-state index contributed by atoms with van der Waals surface area (Å²) in [6, 6.07) is 3.99. The van der Waals surface area contributed by atoms with Crippen LogP contribution in [-0.2, 0) is 27.6 Å². The molecule has 3 aliphatic heterocycles. The minimum Gasteiger partial charge on any atom is -0.457 e. The number of hydrogen-bond acceptors (Lipinski definition) is 8. The quantitative estimate of drug-likeness (QED) is 0.615. The molecule has 33 heavy (non-hydrogen) atoms. The second-order valence-electron chi connectivity index (χ2n) is 9.70. The molecule has 5 rings (SSSR count). The van der Waals surface area contributed by atoms with Crippen molar-refractivity contribution in [3.8, 4) is 0 Å². The van der Waals surface area contributed by atoms with E-state index in [0.717, 1.165) is 81.6 Å². The number of nitrogens with zero attached hydrogens (tertiary/aromatic N) is 4. The third-order valence-electron chi connectivity index (χ3n) is 7.65. The van der Waals surface area contributed by atoms with Gasteiger partial charge in [-0.15, -0.1) is 0 Å². The van der Waals surface area contributed by atoms with Crippen LogP contribution in [0.3, 0.4) is 0 Å². The molecule has 0 atom stereocenters. The fraction of sp³-hybridized carbons (Fsp3) is 0.542. The monoisotopic (exact) mass is 470 g/mol. The maximum atomic E-state index is 11.8. The molecule has 0 N–H and O–H groups in total. The molecule has 8 nitrogen and oxygen atoms in total. The van der Waals surface area contributed by atoms with Crippen molar-refractivity contribution in [2.24, 2.45) is 5.41 Å². The van der Waals surface area contributed by atoms with Crippen LogP contribution in [0, 0.1) is 12.3 Å². The summed E-state index contributed by atoms with van der Waals surface area (Å²) >= 11 is 0. The first-order valence-corrected chi connectivity index (χ1v) is 13.4. The van der Waals surface area contributed by atoms with Crippen LogP contribution in [0.5, 0.6) is 0 Å². The number of fused-ring (bicyclic) bond motifs is 1. The molecule has 0 radical (unpaired) electrons. The number of cyclic esters (lactones) is 1. The van der Waals surface area contributed by atoms with Crippen molar-refractivity contribution in [1.82, 2.24) is 14.9 Å². The molecule has 176 valence electrons. The molecule has 1 aromatic carbocycles. The number of rotatable bonds is 5. The molecule has 0 bridgehead atoms. The van der Waals surface area contributed by atoms with Crippen molar-refractivity contribution in [1.29, 1.82) is 0 Å². The number of piperidine rings is 1. The standard InChI is InChI=1S/C24H30N4O4S/c1-17-18(3-4-19-20(17)15-32-23(19)29)5-9-27-10-6-24(7-11-27)8-12-28(16-24)21-13-26-22(14-25-21)33(2,30)31/h3-4,13-14H,5-12,15-16H2,1-2H3. The largest absolute Gasteiger partial charge is 0.457 e. The molecule has 1 spiro atoms. The fourth-order valence-electron chi connectivity index (χ4n) is 5.40. The first-order chi connectivity index (χ1) is 15.7. The number of sulfone groups is 1. The Morgan fingerprint density at radius 3 is 2.55 bits per heavy atom. The molecule has 2 aromatic rings. The van der Waals surface area contributed by atoms with Gasteiger partial charge >= 0.3 is 5.97 Å². The summed E-state index contributed by atoms with van der Waals surface area (Å²) in [4.78, 5) is 25.0. The summed E-state index contributed by atoms with van der Waals surface area (Å²) in [6.45, 7) is 7.56. The van der Waals surface area contributed by atoms with Gasteiger partial charge in [-0.1, -0.05) is 6.07 Å². The molecule has 2 fully saturated rings. The molecule has 0 aliphatic carbocycles. The Morgan fingerprint density at radius 2 is 1.85 bits per heavy atom. The number of carbonyl (C=O) groups is 1. The van der Waals surface area contributed by atoms with Gasteiger partial charge in [0.1, 0.15) is 12.4 Å². The smallest absolute Gasteiger partial charge is 0.338 e. The maximum Gasteiger partial charge on any atom is 0.338 e. The molecule has 4 heterocycles. The fourth-order valence-corrected chi connectivity index (χ4v) is 5.89. The average molecular weight is 471 g/mol. The van der Waals surface area contributed by atoms with Gasteiger partial charge in [-0.3, -0.25) is 0 Å². The number of anilines is 1. The summed E-state index contributed by atoms with van der Waals surface area (Å²) in [5, 5.41) is 0.0196. The Kier molecular flexibility index (Phi) is 5.64. The number of benzene rings is 1. The zero-order chi connectivity index (χ0) is 23.2. The summed E-state index contributed by atoms with van der Waals surface area (Å²) in [5.74, 6) is 0.556. The van der Waals surface area contributed by atoms with Crippen molar-refractivity contribution in [3.05, 3.63) is 46.8 Å². The van der Waals surface area contributed by atoms with E-state index in [1.165, 1.54) is 17.3 Å². The Hall–Kier alpha value is -2.52. The van der Waals surface area contributed by atoms with Crippen LogP contribution in [-0.4, -0.2) is 68.2 Å². The van der Waals surface area contributed by atoms with Crippen LogP contribution < -0.4 is 4.90 Å². The second-order valence-corrected chi connectivity index (χ2v) is 11.7. The highest BCUT2D eigenvalue weighted by atomic mass is 32.2. The van der Waals surface area contributed by atoms with Crippen LogP contribution in [0.4, 0.5) is 5.82 Å². The van der Waals surface area contributed by atoms with Crippen molar-refractivity contribution in [2.75, 3.05) is 43.9 Å². The molecule has 0 amide bonds. The highest BCUT2D eigenvalue weighted by Gasteiger charge is 2.41. The molecule has 3 aliphatic rings. The van der Waals surface area contributed by atoms with Crippen molar-refractivity contribution in [3.63, 3.8) is 0 Å². The molecule has 1 aromatic heterocycles. The van der Waals surface area contributed by atoms with E-state index in [9.17, 15) is 13.2 Å². The summed E-state index contributed by atoms with van der Waals surface area (Å²) in [5.41, 5.74) is 4.57.